The second-order valence-electron chi connectivity index (χ2n) is 8.86. The Hall–Kier alpha value is -3.63. The first-order chi connectivity index (χ1) is 17.0. The molecule has 10 nitrogen and oxygen atoms in total. The number of nitrogens with zero attached hydrogens (tertiary/aromatic N) is 4. The van der Waals surface area contributed by atoms with Gasteiger partial charge in [0.1, 0.15) is 5.75 Å². The van der Waals surface area contributed by atoms with Gasteiger partial charge in [-0.15, -0.1) is 0 Å². The number of aromatic amines is 1. The van der Waals surface area contributed by atoms with Crippen LogP contribution in [0.3, 0.4) is 0 Å². The molecule has 5 rings (SSSR count). The van der Waals surface area contributed by atoms with Crippen molar-refractivity contribution in [2.75, 3.05) is 63.4 Å². The fourth-order valence-corrected chi connectivity index (χ4v) is 4.65. The molecule has 35 heavy (non-hydrogen) atoms. The molecule has 1 aromatic heterocycles. The summed E-state index contributed by atoms with van der Waals surface area (Å²) in [7, 11) is 3.29. The van der Waals surface area contributed by atoms with Gasteiger partial charge in [0.05, 0.1) is 30.4 Å². The number of phenolic OH excluding ortho intramolecular Hbond substituents is 1. The fourth-order valence-electron chi connectivity index (χ4n) is 4.65. The largest absolute Gasteiger partial charge is 0.507 e. The number of phenols is 1. The molecule has 2 aliphatic heterocycles. The predicted molar refractivity (Wildman–Crippen MR) is 131 cm³/mol. The average molecular weight is 480 g/mol. The van der Waals surface area contributed by atoms with Crippen molar-refractivity contribution >= 4 is 34.1 Å². The molecule has 0 saturated carbocycles. The number of amides is 2. The van der Waals surface area contributed by atoms with Gasteiger partial charge < -0.3 is 29.3 Å². The van der Waals surface area contributed by atoms with E-state index in [0.29, 0.717) is 42.9 Å². The van der Waals surface area contributed by atoms with E-state index >= 15 is 0 Å². The smallest absolute Gasteiger partial charge is 0.275 e. The highest BCUT2D eigenvalue weighted by molar-refractivity contribution is 6.12. The minimum absolute atomic E-state index is 0.00798. The van der Waals surface area contributed by atoms with E-state index in [1.54, 1.807) is 19.1 Å². The zero-order valence-corrected chi connectivity index (χ0v) is 19.9. The molecule has 0 aliphatic carbocycles. The standard InChI is InChI=1S/C25H29N5O5/c1-28(16-3-5-17(6-4-16)29-9-11-35-12-10-29)24(32)20-13-19-21(14-22(20)31)26-27-23(19)25(33)30-8-7-18(15-30)34-2/h3-6,13-14,18,31H,7-12,15H2,1-2H3,(H,26,27). The Morgan fingerprint density at radius 3 is 2.60 bits per heavy atom. The van der Waals surface area contributed by atoms with E-state index in [1.807, 2.05) is 24.3 Å². The van der Waals surface area contributed by atoms with Crippen molar-refractivity contribution in [1.82, 2.24) is 15.1 Å². The fraction of sp³-hybridized carbons (Fsp3) is 0.400. The van der Waals surface area contributed by atoms with Crippen LogP contribution in [0.1, 0.15) is 27.3 Å². The lowest BCUT2D eigenvalue weighted by atomic mass is 10.1. The number of morpholine rings is 1. The van der Waals surface area contributed by atoms with Crippen LogP contribution < -0.4 is 9.80 Å². The van der Waals surface area contributed by atoms with Crippen molar-refractivity contribution in [1.29, 1.82) is 0 Å². The number of hydrogen-bond acceptors (Lipinski definition) is 7. The highest BCUT2D eigenvalue weighted by atomic mass is 16.5. The van der Waals surface area contributed by atoms with Crippen LogP contribution in [0.2, 0.25) is 0 Å². The first-order valence-corrected chi connectivity index (χ1v) is 11.7. The van der Waals surface area contributed by atoms with E-state index in [-0.39, 0.29) is 34.9 Å². The number of anilines is 2. The quantitative estimate of drug-likeness (QED) is 0.577. The summed E-state index contributed by atoms with van der Waals surface area (Å²) in [5.74, 6) is -0.793. The highest BCUT2D eigenvalue weighted by Crippen LogP contribution is 2.30. The number of fused-ring (bicyclic) bond motifs is 1. The second kappa shape index (κ2) is 9.55. The van der Waals surface area contributed by atoms with Crippen molar-refractivity contribution < 1.29 is 24.2 Å². The molecular weight excluding hydrogens is 450 g/mol. The number of carbonyl (C=O) groups excluding carboxylic acids is 2. The maximum Gasteiger partial charge on any atom is 0.275 e. The van der Waals surface area contributed by atoms with Crippen LogP contribution in [0.15, 0.2) is 36.4 Å². The number of benzene rings is 2. The number of carbonyl (C=O) groups is 2. The molecule has 0 radical (unpaired) electrons. The van der Waals surface area contributed by atoms with Gasteiger partial charge in [0.25, 0.3) is 11.8 Å². The number of rotatable bonds is 5. The third-order valence-electron chi connectivity index (χ3n) is 6.80. The van der Waals surface area contributed by atoms with E-state index in [9.17, 15) is 14.7 Å². The molecule has 1 atom stereocenters. The Bertz CT molecular complexity index is 1240. The summed E-state index contributed by atoms with van der Waals surface area (Å²) in [6.07, 6.45) is 0.776. The zero-order valence-electron chi connectivity index (χ0n) is 19.9. The lowest BCUT2D eigenvalue weighted by Crippen LogP contribution is -2.36. The van der Waals surface area contributed by atoms with E-state index < -0.39 is 0 Å². The number of H-pyrrole nitrogens is 1. The lowest BCUT2D eigenvalue weighted by Gasteiger charge is -2.29. The Balaban J connectivity index is 1.38. The first-order valence-electron chi connectivity index (χ1n) is 11.7. The third kappa shape index (κ3) is 4.42. The van der Waals surface area contributed by atoms with Crippen LogP contribution in [0, 0.1) is 0 Å². The van der Waals surface area contributed by atoms with Crippen LogP contribution >= 0.6 is 0 Å². The van der Waals surface area contributed by atoms with Gasteiger partial charge in [-0.25, -0.2) is 0 Å². The third-order valence-corrected chi connectivity index (χ3v) is 6.80. The number of likely N-dealkylation sites (tertiary alicyclic amines) is 1. The summed E-state index contributed by atoms with van der Waals surface area (Å²) >= 11 is 0. The minimum atomic E-state index is -0.385. The van der Waals surface area contributed by atoms with Gasteiger partial charge in [0.2, 0.25) is 0 Å². The van der Waals surface area contributed by atoms with Crippen LogP contribution in [0.25, 0.3) is 10.9 Å². The Morgan fingerprint density at radius 2 is 1.91 bits per heavy atom. The van der Waals surface area contributed by atoms with Crippen LogP contribution in [-0.2, 0) is 9.47 Å². The van der Waals surface area contributed by atoms with E-state index in [0.717, 1.165) is 25.2 Å². The Kier molecular flexibility index (Phi) is 6.31. The van der Waals surface area contributed by atoms with Crippen LogP contribution in [0.5, 0.6) is 5.75 Å². The van der Waals surface area contributed by atoms with E-state index in [1.165, 1.54) is 17.0 Å². The summed E-state index contributed by atoms with van der Waals surface area (Å²) in [5.41, 5.74) is 2.58. The molecule has 0 bridgehead atoms. The average Bonchev–Trinajstić information content (AvgIpc) is 3.54. The minimum Gasteiger partial charge on any atom is -0.507 e. The SMILES string of the molecule is COC1CCN(C(=O)c2n[nH]c3cc(O)c(C(=O)N(C)c4ccc(N5CCOCC5)cc4)cc23)C1. The molecule has 2 saturated heterocycles. The van der Waals surface area contributed by atoms with Gasteiger partial charge in [-0.1, -0.05) is 0 Å². The summed E-state index contributed by atoms with van der Waals surface area (Å²) in [6.45, 7) is 4.14. The molecule has 3 heterocycles. The molecule has 2 amide bonds. The zero-order chi connectivity index (χ0) is 24.5. The van der Waals surface area contributed by atoms with Gasteiger partial charge in [-0.2, -0.15) is 5.10 Å². The Labute approximate surface area is 203 Å². The summed E-state index contributed by atoms with van der Waals surface area (Å²) in [6, 6.07) is 10.7. The number of methoxy groups -OCH3 is 1. The molecule has 184 valence electrons. The van der Waals surface area contributed by atoms with Crippen LogP contribution in [0.4, 0.5) is 11.4 Å². The van der Waals surface area contributed by atoms with Crippen LogP contribution in [-0.4, -0.2) is 91.7 Å². The molecule has 2 N–H and O–H groups in total. The van der Waals surface area contributed by atoms with Gasteiger partial charge >= 0.3 is 0 Å². The number of aromatic hydroxyl groups is 1. The van der Waals surface area contributed by atoms with Gasteiger partial charge in [-0.3, -0.25) is 14.7 Å². The molecule has 3 aromatic rings. The topological polar surface area (TPSA) is 111 Å². The van der Waals surface area contributed by atoms with Crippen molar-refractivity contribution in [3.63, 3.8) is 0 Å². The molecule has 2 aromatic carbocycles. The maximum atomic E-state index is 13.3. The predicted octanol–water partition coefficient (Wildman–Crippen LogP) is 2.24. The lowest BCUT2D eigenvalue weighted by molar-refractivity contribution is 0.0720. The molecule has 2 fully saturated rings. The number of nitrogens with one attached hydrogen (secondary N) is 1. The summed E-state index contributed by atoms with van der Waals surface area (Å²) < 4.78 is 10.8. The monoisotopic (exact) mass is 479 g/mol. The number of ether oxygens (including phenoxy) is 2. The van der Waals surface area contributed by atoms with Crippen molar-refractivity contribution in [3.05, 3.63) is 47.7 Å². The number of aromatic nitrogens is 2. The van der Waals surface area contributed by atoms with E-state index in [2.05, 4.69) is 15.1 Å². The molecule has 2 aliphatic rings. The van der Waals surface area contributed by atoms with Crippen molar-refractivity contribution in [2.45, 2.75) is 12.5 Å². The van der Waals surface area contributed by atoms with Crippen molar-refractivity contribution in [2.24, 2.45) is 0 Å². The summed E-state index contributed by atoms with van der Waals surface area (Å²) in [5, 5.41) is 18.1. The molecule has 10 heteroatoms. The highest BCUT2D eigenvalue weighted by Gasteiger charge is 2.30. The normalized spacial score (nSPS) is 18.3. The molecular formula is C25H29N5O5. The van der Waals surface area contributed by atoms with Gasteiger partial charge in [0.15, 0.2) is 5.69 Å². The van der Waals surface area contributed by atoms with Gasteiger partial charge in [-0.05, 0) is 36.8 Å². The Morgan fingerprint density at radius 1 is 1.17 bits per heavy atom. The molecule has 0 spiro atoms. The maximum absolute atomic E-state index is 13.3. The summed E-state index contributed by atoms with van der Waals surface area (Å²) in [4.78, 5) is 31.8. The van der Waals surface area contributed by atoms with Gasteiger partial charge in [0, 0.05) is 63.2 Å². The second-order valence-corrected chi connectivity index (χ2v) is 8.86. The molecule has 1 unspecified atom stereocenters. The van der Waals surface area contributed by atoms with E-state index in [4.69, 9.17) is 9.47 Å². The first kappa shape index (κ1) is 23.1. The van der Waals surface area contributed by atoms with Crippen molar-refractivity contribution in [3.8, 4) is 5.75 Å². The number of hydrogen-bond donors (Lipinski definition) is 2.